The smallest absolute Gasteiger partial charge is 0.261 e. The Hall–Kier alpha value is -2.45. The molecule has 0 radical (unpaired) electrons. The molecule has 1 unspecified atom stereocenters. The molecule has 0 aromatic carbocycles. The summed E-state index contributed by atoms with van der Waals surface area (Å²) >= 11 is 1.42. The zero-order valence-corrected chi connectivity index (χ0v) is 17.0. The van der Waals surface area contributed by atoms with Crippen LogP contribution < -0.4 is 10.6 Å². The third-order valence-electron chi connectivity index (χ3n) is 5.38. The van der Waals surface area contributed by atoms with Gasteiger partial charge >= 0.3 is 0 Å². The summed E-state index contributed by atoms with van der Waals surface area (Å²) in [5, 5.41) is 7.28. The quantitative estimate of drug-likeness (QED) is 0.633. The van der Waals surface area contributed by atoms with E-state index in [-0.39, 0.29) is 5.91 Å². The minimum Gasteiger partial charge on any atom is -0.467 e. The normalized spacial score (nSPS) is 17.3. The number of nitrogens with one attached hydrogen (secondary N) is 2. The lowest BCUT2D eigenvalue weighted by atomic mass is 10.1. The Balaban J connectivity index is 1.46. The molecule has 0 saturated carbocycles. The van der Waals surface area contributed by atoms with Gasteiger partial charge in [-0.3, -0.25) is 4.79 Å². The van der Waals surface area contributed by atoms with Crippen LogP contribution in [0.5, 0.6) is 0 Å². The van der Waals surface area contributed by atoms with Crippen LogP contribution in [0.15, 0.2) is 29.1 Å². The molecule has 0 spiro atoms. The van der Waals surface area contributed by atoms with Crippen LogP contribution in [0, 0.1) is 6.92 Å². The number of aromatic nitrogens is 2. The fourth-order valence-electron chi connectivity index (χ4n) is 3.78. The first-order valence-corrected chi connectivity index (χ1v) is 10.4. The lowest BCUT2D eigenvalue weighted by Gasteiger charge is -2.19. The summed E-state index contributed by atoms with van der Waals surface area (Å²) in [7, 11) is 2.16. The molecule has 3 aromatic rings. The Bertz CT molecular complexity index is 953. The number of carbonyl (C=O) groups excluding carboxylic acids is 1. The topological polar surface area (TPSA) is 83.3 Å². The molecule has 3 aromatic heterocycles. The van der Waals surface area contributed by atoms with E-state index in [1.54, 1.807) is 6.26 Å². The van der Waals surface area contributed by atoms with Crippen molar-refractivity contribution in [2.45, 2.75) is 38.8 Å². The first-order valence-electron chi connectivity index (χ1n) is 9.62. The van der Waals surface area contributed by atoms with Crippen molar-refractivity contribution in [1.82, 2.24) is 20.2 Å². The van der Waals surface area contributed by atoms with Crippen LogP contribution in [-0.2, 0) is 6.54 Å². The van der Waals surface area contributed by atoms with Gasteiger partial charge in [0.1, 0.15) is 22.7 Å². The van der Waals surface area contributed by atoms with Crippen molar-refractivity contribution in [2.75, 3.05) is 25.5 Å². The second-order valence-corrected chi connectivity index (χ2v) is 8.21. The van der Waals surface area contributed by atoms with Crippen molar-refractivity contribution in [3.05, 3.63) is 40.9 Å². The SMILES string of the molecule is Cc1c(C(=O)NCCC2CCCN2C)sc2ncnc(NCc3ccco3)c12. The highest BCUT2D eigenvalue weighted by molar-refractivity contribution is 7.20. The van der Waals surface area contributed by atoms with Crippen LogP contribution in [0.1, 0.15) is 40.3 Å². The Kier molecular flexibility index (Phi) is 5.59. The van der Waals surface area contributed by atoms with E-state index in [9.17, 15) is 4.79 Å². The number of rotatable bonds is 7. The Labute approximate surface area is 168 Å². The number of thiophene rings is 1. The lowest BCUT2D eigenvalue weighted by Crippen LogP contribution is -2.31. The van der Waals surface area contributed by atoms with Crippen LogP contribution in [0.2, 0.25) is 0 Å². The lowest BCUT2D eigenvalue weighted by molar-refractivity contribution is 0.0954. The van der Waals surface area contributed by atoms with Crippen LogP contribution in [0.4, 0.5) is 5.82 Å². The van der Waals surface area contributed by atoms with E-state index in [0.717, 1.165) is 40.3 Å². The number of furan rings is 1. The summed E-state index contributed by atoms with van der Waals surface area (Å²) < 4.78 is 5.36. The molecular formula is C20H25N5O2S. The summed E-state index contributed by atoms with van der Waals surface area (Å²) in [6.45, 7) is 4.34. The van der Waals surface area contributed by atoms with Crippen molar-refractivity contribution in [2.24, 2.45) is 0 Å². The highest BCUT2D eigenvalue weighted by atomic mass is 32.1. The van der Waals surface area contributed by atoms with Crippen molar-refractivity contribution in [1.29, 1.82) is 0 Å². The maximum Gasteiger partial charge on any atom is 0.261 e. The van der Waals surface area contributed by atoms with E-state index >= 15 is 0 Å². The van der Waals surface area contributed by atoms with Gasteiger partial charge in [-0.25, -0.2) is 9.97 Å². The molecule has 1 aliphatic heterocycles. The maximum atomic E-state index is 12.7. The van der Waals surface area contributed by atoms with Gasteiger partial charge in [0.15, 0.2) is 0 Å². The molecular weight excluding hydrogens is 374 g/mol. The molecule has 1 atom stereocenters. The van der Waals surface area contributed by atoms with E-state index in [0.29, 0.717) is 24.0 Å². The predicted molar refractivity (Wildman–Crippen MR) is 111 cm³/mol. The zero-order chi connectivity index (χ0) is 19.5. The third-order valence-corrected chi connectivity index (χ3v) is 6.58. The number of amides is 1. The highest BCUT2D eigenvalue weighted by Crippen LogP contribution is 2.33. The maximum absolute atomic E-state index is 12.7. The van der Waals surface area contributed by atoms with Gasteiger partial charge in [0.05, 0.1) is 23.1 Å². The summed E-state index contributed by atoms with van der Waals surface area (Å²) in [5.74, 6) is 1.52. The molecule has 2 N–H and O–H groups in total. The summed E-state index contributed by atoms with van der Waals surface area (Å²) in [5.41, 5.74) is 0.915. The standard InChI is InChI=1S/C20H25N5O2S/c1-13-16-18(22-11-15-6-4-10-27-15)23-12-24-20(16)28-17(13)19(26)21-8-7-14-5-3-9-25(14)2/h4,6,10,12,14H,3,5,7-9,11H2,1-2H3,(H,21,26)(H,22,23,24). The van der Waals surface area contributed by atoms with Crippen LogP contribution >= 0.6 is 11.3 Å². The number of fused-ring (bicyclic) bond motifs is 1. The van der Waals surface area contributed by atoms with E-state index in [4.69, 9.17) is 4.42 Å². The van der Waals surface area contributed by atoms with Gasteiger partial charge in [-0.1, -0.05) is 0 Å². The molecule has 0 bridgehead atoms. The van der Waals surface area contributed by atoms with E-state index < -0.39 is 0 Å². The van der Waals surface area contributed by atoms with Crippen molar-refractivity contribution in [3.8, 4) is 0 Å². The fraction of sp³-hybridized carbons (Fsp3) is 0.450. The number of nitrogens with zero attached hydrogens (tertiary/aromatic N) is 3. The third kappa shape index (κ3) is 3.88. The van der Waals surface area contributed by atoms with Crippen LogP contribution in [0.25, 0.3) is 10.2 Å². The highest BCUT2D eigenvalue weighted by Gasteiger charge is 2.22. The van der Waals surface area contributed by atoms with Crippen LogP contribution in [0.3, 0.4) is 0 Å². The van der Waals surface area contributed by atoms with E-state index in [1.807, 2.05) is 19.1 Å². The first kappa shape index (κ1) is 18.9. The molecule has 4 rings (SSSR count). The average Bonchev–Trinajstić information content (AvgIpc) is 3.42. The largest absolute Gasteiger partial charge is 0.467 e. The molecule has 28 heavy (non-hydrogen) atoms. The summed E-state index contributed by atoms with van der Waals surface area (Å²) in [6.07, 6.45) is 6.63. The molecule has 1 aliphatic rings. The second kappa shape index (κ2) is 8.28. The van der Waals surface area contributed by atoms with Crippen molar-refractivity contribution in [3.63, 3.8) is 0 Å². The molecule has 4 heterocycles. The van der Waals surface area contributed by atoms with Gasteiger partial charge in [-0.15, -0.1) is 11.3 Å². The van der Waals surface area contributed by atoms with Gasteiger partial charge in [0.2, 0.25) is 0 Å². The number of hydrogen-bond acceptors (Lipinski definition) is 7. The number of anilines is 1. The number of aryl methyl sites for hydroxylation is 1. The van der Waals surface area contributed by atoms with Crippen molar-refractivity contribution < 1.29 is 9.21 Å². The van der Waals surface area contributed by atoms with Gasteiger partial charge in [0, 0.05) is 12.6 Å². The van der Waals surface area contributed by atoms with Gasteiger partial charge in [0.25, 0.3) is 5.91 Å². The number of hydrogen-bond donors (Lipinski definition) is 2. The van der Waals surface area contributed by atoms with Gasteiger partial charge in [-0.2, -0.15) is 0 Å². The first-order chi connectivity index (χ1) is 13.6. The average molecular weight is 400 g/mol. The summed E-state index contributed by atoms with van der Waals surface area (Å²) in [6, 6.07) is 4.34. The van der Waals surface area contributed by atoms with E-state index in [2.05, 4.69) is 32.5 Å². The Morgan fingerprint density at radius 1 is 1.43 bits per heavy atom. The molecule has 1 amide bonds. The minimum absolute atomic E-state index is 0.0295. The molecule has 7 nitrogen and oxygen atoms in total. The van der Waals surface area contributed by atoms with Crippen LogP contribution in [-0.4, -0.2) is 47.0 Å². The number of likely N-dealkylation sites (tertiary alicyclic amines) is 1. The van der Waals surface area contributed by atoms with Crippen molar-refractivity contribution >= 4 is 33.3 Å². The monoisotopic (exact) mass is 399 g/mol. The molecule has 1 saturated heterocycles. The predicted octanol–water partition coefficient (Wildman–Crippen LogP) is 3.42. The minimum atomic E-state index is -0.0295. The Morgan fingerprint density at radius 2 is 2.32 bits per heavy atom. The molecule has 1 fully saturated rings. The van der Waals surface area contributed by atoms with E-state index in [1.165, 1.54) is 30.5 Å². The second-order valence-electron chi connectivity index (χ2n) is 7.21. The number of carbonyl (C=O) groups is 1. The Morgan fingerprint density at radius 3 is 3.07 bits per heavy atom. The molecule has 148 valence electrons. The molecule has 0 aliphatic carbocycles. The fourth-order valence-corrected chi connectivity index (χ4v) is 4.85. The van der Waals surface area contributed by atoms with Gasteiger partial charge < -0.3 is 20.0 Å². The summed E-state index contributed by atoms with van der Waals surface area (Å²) in [4.78, 5) is 25.4. The van der Waals surface area contributed by atoms with Gasteiger partial charge in [-0.05, 0) is 57.5 Å². The zero-order valence-electron chi connectivity index (χ0n) is 16.2. The molecule has 8 heteroatoms.